The molecule has 3 aromatic rings. The second-order valence-electron chi connectivity index (χ2n) is 12.6. The number of rotatable bonds is 11. The van der Waals surface area contributed by atoms with Gasteiger partial charge < -0.3 is 34.2 Å². The molecule has 4 heterocycles. The number of β-amino-alcohol motifs (C(OH)–C–C–N with tert-alkyl or cyclic N) is 1. The molecule has 12 nitrogen and oxygen atoms in total. The summed E-state index contributed by atoms with van der Waals surface area (Å²) in [7, 11) is 5.21. The predicted molar refractivity (Wildman–Crippen MR) is 168 cm³/mol. The van der Waals surface area contributed by atoms with Crippen LogP contribution in [0, 0.1) is 11.8 Å². The Morgan fingerprint density at radius 3 is 2.36 bits per heavy atom. The average Bonchev–Trinajstić information content (AvgIpc) is 3.78. The molecule has 2 aliphatic rings. The zero-order chi connectivity index (χ0) is 32.2. The number of likely N-dealkylation sites (tertiary alicyclic amines) is 1. The standard InChI is InChI=1S/C33H46N6O6/c1-20(2)30(28-18-29(36-45-28)38-15-12-24(13-16-38)33(43-5)44-6)32(42)39-19-25(40)17-27(39)31(41)35-21(3)22-7-9-23(10-8-22)26-11-14-34-37(26)4/h7-11,14,18,20-21,24-25,27,30,33,40H,12-13,15-17,19H2,1-6H3,(H,35,41)/t21-,25+,27-,30-/m0/s1. The number of piperidine rings is 1. The number of benzene rings is 1. The molecule has 4 atom stereocenters. The minimum atomic E-state index is -0.791. The number of hydrogen-bond acceptors (Lipinski definition) is 9. The van der Waals surface area contributed by atoms with Crippen LogP contribution in [0.3, 0.4) is 0 Å². The minimum Gasteiger partial charge on any atom is -0.391 e. The van der Waals surface area contributed by atoms with Crippen LogP contribution in [0.25, 0.3) is 11.3 Å². The second-order valence-corrected chi connectivity index (χ2v) is 12.6. The molecule has 2 amide bonds. The Bertz CT molecular complexity index is 1430. The van der Waals surface area contributed by atoms with E-state index < -0.39 is 18.1 Å². The largest absolute Gasteiger partial charge is 0.391 e. The molecule has 0 spiro atoms. The van der Waals surface area contributed by atoms with Gasteiger partial charge in [-0.2, -0.15) is 5.10 Å². The third-order valence-corrected chi connectivity index (χ3v) is 9.22. The second kappa shape index (κ2) is 14.1. The van der Waals surface area contributed by atoms with Crippen molar-refractivity contribution in [3.63, 3.8) is 0 Å². The SMILES string of the molecule is COC(OC)C1CCN(c2cc([C@@H](C(=O)N3C[C@H](O)C[C@H]3C(=O)N[C@@H](C)c3ccc(-c4ccnn4C)cc3)C(C)C)on2)CC1. The molecule has 12 heteroatoms. The first-order chi connectivity index (χ1) is 21.6. The van der Waals surface area contributed by atoms with E-state index in [9.17, 15) is 14.7 Å². The molecule has 2 aliphatic heterocycles. The van der Waals surface area contributed by atoms with Gasteiger partial charge in [0.15, 0.2) is 17.9 Å². The summed E-state index contributed by atoms with van der Waals surface area (Å²) in [5.74, 6) is 0.135. The van der Waals surface area contributed by atoms with Crippen molar-refractivity contribution in [2.45, 2.75) is 70.4 Å². The first kappa shape index (κ1) is 32.6. The molecule has 2 aromatic heterocycles. The van der Waals surface area contributed by atoms with Gasteiger partial charge in [-0.25, -0.2) is 0 Å². The number of aromatic nitrogens is 3. The number of nitrogens with zero attached hydrogens (tertiary/aromatic N) is 5. The summed E-state index contributed by atoms with van der Waals surface area (Å²) in [5.41, 5.74) is 2.96. The topological polar surface area (TPSA) is 135 Å². The van der Waals surface area contributed by atoms with Gasteiger partial charge in [0.1, 0.15) is 12.0 Å². The monoisotopic (exact) mass is 622 g/mol. The van der Waals surface area contributed by atoms with Crippen molar-refractivity contribution >= 4 is 17.6 Å². The van der Waals surface area contributed by atoms with E-state index >= 15 is 0 Å². The number of nitrogens with one attached hydrogen (secondary N) is 1. The fraction of sp³-hybridized carbons (Fsp3) is 0.576. The van der Waals surface area contributed by atoms with Gasteiger partial charge in [0.05, 0.1) is 17.8 Å². The Morgan fingerprint density at radius 2 is 1.76 bits per heavy atom. The van der Waals surface area contributed by atoms with Crippen molar-refractivity contribution in [1.29, 1.82) is 0 Å². The van der Waals surface area contributed by atoms with Crippen molar-refractivity contribution < 1.29 is 28.7 Å². The fourth-order valence-corrected chi connectivity index (χ4v) is 6.67. The lowest BCUT2D eigenvalue weighted by molar-refractivity contribution is -0.141. The molecular formula is C33H46N6O6. The van der Waals surface area contributed by atoms with Crippen LogP contribution in [0.2, 0.25) is 0 Å². The van der Waals surface area contributed by atoms with E-state index in [1.807, 2.05) is 68.9 Å². The molecular weight excluding hydrogens is 576 g/mol. The number of anilines is 1. The molecule has 0 bridgehead atoms. The molecule has 0 unspecified atom stereocenters. The Hall–Kier alpha value is -3.74. The van der Waals surface area contributed by atoms with Gasteiger partial charge in [0.2, 0.25) is 11.8 Å². The zero-order valence-electron chi connectivity index (χ0n) is 27.1. The van der Waals surface area contributed by atoms with E-state index in [-0.39, 0.29) is 43.0 Å². The summed E-state index contributed by atoms with van der Waals surface area (Å²) in [5, 5.41) is 22.2. The van der Waals surface area contributed by atoms with Crippen LogP contribution in [-0.2, 0) is 26.1 Å². The highest BCUT2D eigenvalue weighted by Crippen LogP contribution is 2.34. The highest BCUT2D eigenvalue weighted by Gasteiger charge is 2.43. The first-order valence-electron chi connectivity index (χ1n) is 15.8. The molecule has 5 rings (SSSR count). The van der Waals surface area contributed by atoms with Gasteiger partial charge in [-0.1, -0.05) is 43.3 Å². The Labute approximate surface area is 264 Å². The number of methoxy groups -OCH3 is 2. The van der Waals surface area contributed by atoms with Gasteiger partial charge >= 0.3 is 0 Å². The predicted octanol–water partition coefficient (Wildman–Crippen LogP) is 3.49. The Kier molecular flexibility index (Phi) is 10.3. The Balaban J connectivity index is 1.25. The first-order valence-corrected chi connectivity index (χ1v) is 15.8. The Morgan fingerprint density at radius 1 is 1.07 bits per heavy atom. The number of ether oxygens (including phenoxy) is 2. The summed E-state index contributed by atoms with van der Waals surface area (Å²) in [6.07, 6.45) is 2.68. The molecule has 45 heavy (non-hydrogen) atoms. The normalized spacial score (nSPS) is 20.6. The van der Waals surface area contributed by atoms with Gasteiger partial charge in [-0.15, -0.1) is 0 Å². The van der Waals surface area contributed by atoms with Crippen molar-refractivity contribution in [3.8, 4) is 11.3 Å². The number of hydrogen-bond donors (Lipinski definition) is 2. The summed E-state index contributed by atoms with van der Waals surface area (Å²) in [6, 6.07) is 10.7. The van der Waals surface area contributed by atoms with E-state index in [2.05, 4.69) is 20.5 Å². The third kappa shape index (κ3) is 7.08. The maximum absolute atomic E-state index is 14.0. The van der Waals surface area contributed by atoms with Crippen LogP contribution in [0.4, 0.5) is 5.82 Å². The molecule has 2 N–H and O–H groups in total. The zero-order valence-corrected chi connectivity index (χ0v) is 27.1. The smallest absolute Gasteiger partial charge is 0.243 e. The van der Waals surface area contributed by atoms with E-state index in [1.54, 1.807) is 20.4 Å². The lowest BCUT2D eigenvalue weighted by atomic mass is 9.91. The number of aliphatic hydroxyl groups excluding tert-OH is 1. The van der Waals surface area contributed by atoms with Gasteiger partial charge in [-0.3, -0.25) is 14.3 Å². The van der Waals surface area contributed by atoms with Crippen LogP contribution >= 0.6 is 0 Å². The lowest BCUT2D eigenvalue weighted by Gasteiger charge is -2.34. The molecule has 2 fully saturated rings. The van der Waals surface area contributed by atoms with Crippen LogP contribution < -0.4 is 10.2 Å². The van der Waals surface area contributed by atoms with Gasteiger partial charge in [-0.05, 0) is 42.9 Å². The molecule has 0 aliphatic carbocycles. The highest BCUT2D eigenvalue weighted by molar-refractivity contribution is 5.91. The van der Waals surface area contributed by atoms with Crippen LogP contribution in [0.1, 0.15) is 63.3 Å². The quantitative estimate of drug-likeness (QED) is 0.308. The van der Waals surface area contributed by atoms with E-state index in [1.165, 1.54) is 4.90 Å². The lowest BCUT2D eigenvalue weighted by Crippen LogP contribution is -2.48. The van der Waals surface area contributed by atoms with Crippen LogP contribution in [0.15, 0.2) is 47.1 Å². The van der Waals surface area contributed by atoms with Crippen molar-refractivity contribution in [3.05, 3.63) is 53.9 Å². The number of aliphatic hydroxyl groups is 1. The van der Waals surface area contributed by atoms with Gasteiger partial charge in [0, 0.05) is 65.5 Å². The molecule has 2 saturated heterocycles. The molecule has 244 valence electrons. The average molecular weight is 623 g/mol. The van der Waals surface area contributed by atoms with E-state index in [0.717, 1.165) is 42.8 Å². The maximum Gasteiger partial charge on any atom is 0.243 e. The van der Waals surface area contributed by atoms with E-state index in [4.69, 9.17) is 14.0 Å². The number of carbonyl (C=O) groups excluding carboxylic acids is 2. The fourth-order valence-electron chi connectivity index (χ4n) is 6.67. The van der Waals surface area contributed by atoms with Crippen molar-refractivity contribution in [2.75, 3.05) is 38.8 Å². The summed E-state index contributed by atoms with van der Waals surface area (Å²) in [4.78, 5) is 31.3. The summed E-state index contributed by atoms with van der Waals surface area (Å²) >= 11 is 0. The summed E-state index contributed by atoms with van der Waals surface area (Å²) in [6.45, 7) is 7.43. The summed E-state index contributed by atoms with van der Waals surface area (Å²) < 4.78 is 18.5. The number of aryl methyl sites for hydroxylation is 1. The highest BCUT2D eigenvalue weighted by atomic mass is 16.7. The van der Waals surface area contributed by atoms with Crippen LogP contribution in [-0.4, -0.2) is 89.0 Å². The minimum absolute atomic E-state index is 0.0859. The third-order valence-electron chi connectivity index (χ3n) is 9.22. The van der Waals surface area contributed by atoms with Gasteiger partial charge in [0.25, 0.3) is 0 Å². The van der Waals surface area contributed by atoms with Crippen molar-refractivity contribution in [1.82, 2.24) is 25.2 Å². The van der Waals surface area contributed by atoms with E-state index in [0.29, 0.717) is 17.5 Å². The number of carbonyl (C=O) groups is 2. The van der Waals surface area contributed by atoms with Crippen molar-refractivity contribution in [2.24, 2.45) is 18.9 Å². The molecule has 0 saturated carbocycles. The number of amides is 2. The van der Waals surface area contributed by atoms with Crippen LogP contribution in [0.5, 0.6) is 0 Å². The maximum atomic E-state index is 14.0. The molecule has 0 radical (unpaired) electrons. The molecule has 1 aromatic carbocycles.